The molecule has 2 heterocycles. The van der Waals surface area contributed by atoms with Gasteiger partial charge in [0.25, 0.3) is 5.91 Å². The number of carbonyl (C=O) groups excluding carboxylic acids is 2. The molecule has 1 amide bonds. The van der Waals surface area contributed by atoms with Crippen molar-refractivity contribution in [3.8, 4) is 0 Å². The van der Waals surface area contributed by atoms with Gasteiger partial charge >= 0.3 is 0 Å². The van der Waals surface area contributed by atoms with Crippen LogP contribution in [0.2, 0.25) is 0 Å². The predicted molar refractivity (Wildman–Crippen MR) is 102 cm³/mol. The molecule has 1 fully saturated rings. The van der Waals surface area contributed by atoms with Gasteiger partial charge in [0, 0.05) is 43.0 Å². The van der Waals surface area contributed by atoms with Crippen molar-refractivity contribution in [2.75, 3.05) is 24.5 Å². The molecule has 0 spiro atoms. The standard InChI is InChI=1S/C21H25N3O2/c1-14-19-17(8-5-9-18(19)25)23-20(14)21(26)22-12-15-10-11-24(13-15)16-6-3-2-4-7-16/h2-4,6-7,15,23H,5,8-13H2,1H3,(H,22,26). The number of nitrogens with zero attached hydrogens (tertiary/aromatic N) is 1. The molecule has 136 valence electrons. The molecule has 2 N–H and O–H groups in total. The largest absolute Gasteiger partial charge is 0.371 e. The Morgan fingerprint density at radius 2 is 2.08 bits per heavy atom. The summed E-state index contributed by atoms with van der Waals surface area (Å²) in [7, 11) is 0. The number of H-pyrrole nitrogens is 1. The molecule has 2 aromatic rings. The number of aryl methyl sites for hydroxylation is 1. The van der Waals surface area contributed by atoms with Gasteiger partial charge in [-0.2, -0.15) is 0 Å². The third-order valence-corrected chi connectivity index (χ3v) is 5.62. The van der Waals surface area contributed by atoms with Crippen molar-refractivity contribution in [3.63, 3.8) is 0 Å². The highest BCUT2D eigenvalue weighted by molar-refractivity contribution is 6.04. The molecule has 1 aliphatic carbocycles. The molecule has 1 aliphatic heterocycles. The highest BCUT2D eigenvalue weighted by Gasteiger charge is 2.27. The number of aromatic amines is 1. The molecule has 1 unspecified atom stereocenters. The molecule has 26 heavy (non-hydrogen) atoms. The van der Waals surface area contributed by atoms with Crippen molar-refractivity contribution < 1.29 is 9.59 Å². The molecule has 2 aliphatic rings. The van der Waals surface area contributed by atoms with Gasteiger partial charge in [-0.3, -0.25) is 9.59 Å². The lowest BCUT2D eigenvalue weighted by molar-refractivity contribution is 0.0942. The summed E-state index contributed by atoms with van der Waals surface area (Å²) in [6.45, 7) is 4.53. The number of amides is 1. The van der Waals surface area contributed by atoms with Gasteiger partial charge in [0.15, 0.2) is 5.78 Å². The fourth-order valence-corrected chi connectivity index (χ4v) is 4.20. The second kappa shape index (κ2) is 6.98. The van der Waals surface area contributed by atoms with Gasteiger partial charge in [-0.25, -0.2) is 0 Å². The summed E-state index contributed by atoms with van der Waals surface area (Å²) >= 11 is 0. The first-order chi connectivity index (χ1) is 12.6. The normalized spacial score (nSPS) is 19.5. The quantitative estimate of drug-likeness (QED) is 0.890. The number of fused-ring (bicyclic) bond motifs is 1. The first-order valence-electron chi connectivity index (χ1n) is 9.46. The third kappa shape index (κ3) is 3.14. The summed E-state index contributed by atoms with van der Waals surface area (Å²) < 4.78 is 0. The van der Waals surface area contributed by atoms with Crippen LogP contribution >= 0.6 is 0 Å². The van der Waals surface area contributed by atoms with Crippen LogP contribution in [0.5, 0.6) is 0 Å². The number of Topliss-reactive ketones (excluding diaryl/α,β-unsaturated/α-hetero) is 1. The Hall–Kier alpha value is -2.56. The number of rotatable bonds is 4. The highest BCUT2D eigenvalue weighted by Crippen LogP contribution is 2.27. The first-order valence-corrected chi connectivity index (χ1v) is 9.46. The maximum Gasteiger partial charge on any atom is 0.268 e. The van der Waals surface area contributed by atoms with Crippen molar-refractivity contribution in [2.45, 2.75) is 32.6 Å². The zero-order valence-corrected chi connectivity index (χ0v) is 15.2. The van der Waals surface area contributed by atoms with Gasteiger partial charge in [-0.05, 0) is 49.8 Å². The minimum absolute atomic E-state index is 0.0946. The van der Waals surface area contributed by atoms with E-state index in [-0.39, 0.29) is 11.7 Å². The molecule has 0 radical (unpaired) electrons. The number of hydrogen-bond donors (Lipinski definition) is 2. The number of benzene rings is 1. The van der Waals surface area contributed by atoms with E-state index in [1.54, 1.807) is 0 Å². The summed E-state index contributed by atoms with van der Waals surface area (Å²) in [6.07, 6.45) is 3.38. The van der Waals surface area contributed by atoms with Gasteiger partial charge in [0.1, 0.15) is 5.69 Å². The maximum atomic E-state index is 12.6. The monoisotopic (exact) mass is 351 g/mol. The number of carbonyl (C=O) groups is 2. The average Bonchev–Trinajstić information content (AvgIpc) is 3.26. The Bertz CT molecular complexity index is 825. The lowest BCUT2D eigenvalue weighted by atomic mass is 9.94. The van der Waals surface area contributed by atoms with Crippen LogP contribution in [0.3, 0.4) is 0 Å². The number of anilines is 1. The topological polar surface area (TPSA) is 65.2 Å². The van der Waals surface area contributed by atoms with Crippen LogP contribution in [0.4, 0.5) is 5.69 Å². The molecular formula is C21H25N3O2. The predicted octanol–water partition coefficient (Wildman–Crippen LogP) is 3.10. The zero-order chi connectivity index (χ0) is 18.1. The second-order valence-corrected chi connectivity index (χ2v) is 7.40. The Labute approximate surface area is 153 Å². The zero-order valence-electron chi connectivity index (χ0n) is 15.2. The van der Waals surface area contributed by atoms with Crippen molar-refractivity contribution in [1.29, 1.82) is 0 Å². The molecule has 4 rings (SSSR count). The van der Waals surface area contributed by atoms with Crippen LogP contribution < -0.4 is 10.2 Å². The molecule has 1 aromatic heterocycles. The molecular weight excluding hydrogens is 326 g/mol. The van der Waals surface area contributed by atoms with Gasteiger partial charge < -0.3 is 15.2 Å². The number of aromatic nitrogens is 1. The van der Waals surface area contributed by atoms with Gasteiger partial charge in [-0.15, -0.1) is 0 Å². The molecule has 1 aromatic carbocycles. The van der Waals surface area contributed by atoms with E-state index < -0.39 is 0 Å². The van der Waals surface area contributed by atoms with Crippen molar-refractivity contribution in [2.24, 2.45) is 5.92 Å². The van der Waals surface area contributed by atoms with Crippen LogP contribution in [-0.4, -0.2) is 36.3 Å². The second-order valence-electron chi connectivity index (χ2n) is 7.40. The van der Waals surface area contributed by atoms with Crippen molar-refractivity contribution in [3.05, 3.63) is 52.8 Å². The molecule has 1 saturated heterocycles. The van der Waals surface area contributed by atoms with Gasteiger partial charge in [-0.1, -0.05) is 18.2 Å². The average molecular weight is 351 g/mol. The van der Waals surface area contributed by atoms with Crippen LogP contribution in [-0.2, 0) is 6.42 Å². The molecule has 0 saturated carbocycles. The summed E-state index contributed by atoms with van der Waals surface area (Å²) in [4.78, 5) is 30.3. The number of hydrogen-bond acceptors (Lipinski definition) is 3. The Morgan fingerprint density at radius 1 is 1.27 bits per heavy atom. The third-order valence-electron chi connectivity index (χ3n) is 5.62. The van der Waals surface area contributed by atoms with Crippen molar-refractivity contribution >= 4 is 17.4 Å². The Balaban J connectivity index is 1.37. The van der Waals surface area contributed by atoms with Crippen LogP contribution in [0.15, 0.2) is 30.3 Å². The van der Waals surface area contributed by atoms with Crippen LogP contribution in [0, 0.1) is 12.8 Å². The van der Waals surface area contributed by atoms with Crippen LogP contribution in [0.25, 0.3) is 0 Å². The van der Waals surface area contributed by atoms with E-state index in [0.717, 1.165) is 49.2 Å². The molecule has 5 heteroatoms. The summed E-state index contributed by atoms with van der Waals surface area (Å²) in [6, 6.07) is 10.4. The Morgan fingerprint density at radius 3 is 2.85 bits per heavy atom. The van der Waals surface area contributed by atoms with E-state index >= 15 is 0 Å². The smallest absolute Gasteiger partial charge is 0.268 e. The molecule has 0 bridgehead atoms. The molecule has 1 atom stereocenters. The minimum atomic E-state index is -0.0946. The minimum Gasteiger partial charge on any atom is -0.371 e. The fraction of sp³-hybridized carbons (Fsp3) is 0.429. The lowest BCUT2D eigenvalue weighted by Crippen LogP contribution is -2.31. The molecule has 5 nitrogen and oxygen atoms in total. The lowest BCUT2D eigenvalue weighted by Gasteiger charge is -2.18. The highest BCUT2D eigenvalue weighted by atomic mass is 16.2. The maximum absolute atomic E-state index is 12.6. The van der Waals surface area contributed by atoms with E-state index in [4.69, 9.17) is 0 Å². The Kier molecular flexibility index (Phi) is 4.53. The van der Waals surface area contributed by atoms with Crippen molar-refractivity contribution in [1.82, 2.24) is 10.3 Å². The van der Waals surface area contributed by atoms with E-state index in [2.05, 4.69) is 39.5 Å². The first kappa shape index (κ1) is 16.9. The van der Waals surface area contributed by atoms with Gasteiger partial charge in [0.2, 0.25) is 0 Å². The summed E-state index contributed by atoms with van der Waals surface area (Å²) in [5.74, 6) is 0.516. The summed E-state index contributed by atoms with van der Waals surface area (Å²) in [5.41, 5.74) is 4.29. The number of ketones is 1. The summed E-state index contributed by atoms with van der Waals surface area (Å²) in [5, 5.41) is 3.07. The van der Waals surface area contributed by atoms with E-state index in [9.17, 15) is 9.59 Å². The van der Waals surface area contributed by atoms with E-state index in [1.165, 1.54) is 5.69 Å². The van der Waals surface area contributed by atoms with E-state index in [0.29, 0.717) is 24.6 Å². The fourth-order valence-electron chi connectivity index (χ4n) is 4.20. The van der Waals surface area contributed by atoms with Gasteiger partial charge in [0.05, 0.1) is 0 Å². The number of para-hydroxylation sites is 1. The van der Waals surface area contributed by atoms with Crippen LogP contribution in [0.1, 0.15) is 51.4 Å². The SMILES string of the molecule is Cc1c(C(=O)NCC2CCN(c3ccccc3)C2)[nH]c2c1C(=O)CCC2. The van der Waals surface area contributed by atoms with E-state index in [1.807, 2.05) is 13.0 Å². The number of nitrogens with one attached hydrogen (secondary N) is 2.